The molecule has 0 aromatic heterocycles. The van der Waals surface area contributed by atoms with Gasteiger partial charge in [-0.3, -0.25) is 0 Å². The third-order valence-corrected chi connectivity index (χ3v) is 3.09. The Balaban J connectivity index is 2.16. The van der Waals surface area contributed by atoms with Gasteiger partial charge in [-0.1, -0.05) is 17.7 Å². The quantitative estimate of drug-likeness (QED) is 0.825. The molecule has 1 aliphatic rings. The molecule has 0 bridgehead atoms. The Bertz CT molecular complexity index is 347. The van der Waals surface area contributed by atoms with Gasteiger partial charge in [0.25, 0.3) is 0 Å². The van der Waals surface area contributed by atoms with E-state index in [2.05, 4.69) is 18.3 Å². The summed E-state index contributed by atoms with van der Waals surface area (Å²) in [6.45, 7) is 2.72. The molecule has 1 aromatic carbocycles. The van der Waals surface area contributed by atoms with Crippen LogP contribution < -0.4 is 11.1 Å². The molecule has 0 heterocycles. The summed E-state index contributed by atoms with van der Waals surface area (Å²) < 4.78 is 0. The largest absolute Gasteiger partial charge is 0.329 e. The topological polar surface area (TPSA) is 38.0 Å². The fourth-order valence-corrected chi connectivity index (χ4v) is 2.08. The van der Waals surface area contributed by atoms with Crippen molar-refractivity contribution in [3.8, 4) is 0 Å². The zero-order chi connectivity index (χ0) is 10.8. The van der Waals surface area contributed by atoms with E-state index in [1.54, 1.807) is 0 Å². The van der Waals surface area contributed by atoms with Crippen LogP contribution in [-0.2, 0) is 0 Å². The van der Waals surface area contributed by atoms with E-state index in [-0.39, 0.29) is 6.04 Å². The highest BCUT2D eigenvalue weighted by Crippen LogP contribution is 2.26. The summed E-state index contributed by atoms with van der Waals surface area (Å²) in [6, 6.07) is 6.95. The second kappa shape index (κ2) is 4.52. The average molecular weight is 225 g/mol. The van der Waals surface area contributed by atoms with Crippen molar-refractivity contribution >= 4 is 11.6 Å². The van der Waals surface area contributed by atoms with Gasteiger partial charge in [-0.15, -0.1) is 0 Å². The van der Waals surface area contributed by atoms with E-state index in [1.165, 1.54) is 24.0 Å². The Morgan fingerprint density at radius 2 is 2.27 bits per heavy atom. The van der Waals surface area contributed by atoms with Crippen LogP contribution in [-0.4, -0.2) is 12.6 Å². The molecule has 0 spiro atoms. The van der Waals surface area contributed by atoms with E-state index in [0.717, 1.165) is 5.02 Å². The van der Waals surface area contributed by atoms with Gasteiger partial charge in [-0.25, -0.2) is 0 Å². The molecule has 0 amide bonds. The summed E-state index contributed by atoms with van der Waals surface area (Å²) >= 11 is 5.93. The minimum absolute atomic E-state index is 0.273. The van der Waals surface area contributed by atoms with Crippen molar-refractivity contribution in [2.24, 2.45) is 5.73 Å². The molecule has 2 nitrogen and oxygen atoms in total. The average Bonchev–Trinajstić information content (AvgIpc) is 2.99. The predicted molar refractivity (Wildman–Crippen MR) is 64.1 cm³/mol. The van der Waals surface area contributed by atoms with Crippen molar-refractivity contribution in [3.05, 3.63) is 34.3 Å². The maximum absolute atomic E-state index is 5.93. The second-order valence-electron chi connectivity index (χ2n) is 4.23. The van der Waals surface area contributed by atoms with Crippen LogP contribution in [0.5, 0.6) is 0 Å². The summed E-state index contributed by atoms with van der Waals surface area (Å²) in [5.41, 5.74) is 8.28. The Morgan fingerprint density at radius 1 is 1.53 bits per heavy atom. The normalized spacial score (nSPS) is 17.8. The summed E-state index contributed by atoms with van der Waals surface area (Å²) in [5.74, 6) is 0. The van der Waals surface area contributed by atoms with E-state index in [0.29, 0.717) is 12.6 Å². The second-order valence-corrected chi connectivity index (χ2v) is 4.67. The monoisotopic (exact) mass is 224 g/mol. The van der Waals surface area contributed by atoms with Crippen LogP contribution in [0.15, 0.2) is 18.2 Å². The lowest BCUT2D eigenvalue weighted by Gasteiger charge is -2.19. The molecule has 1 aliphatic carbocycles. The Morgan fingerprint density at radius 3 is 2.80 bits per heavy atom. The fraction of sp³-hybridized carbons (Fsp3) is 0.500. The van der Waals surface area contributed by atoms with E-state index in [9.17, 15) is 0 Å². The third-order valence-electron chi connectivity index (χ3n) is 2.86. The molecule has 1 atom stereocenters. The first-order valence-corrected chi connectivity index (χ1v) is 5.80. The number of aryl methyl sites for hydroxylation is 1. The lowest BCUT2D eigenvalue weighted by atomic mass is 10.0. The van der Waals surface area contributed by atoms with Crippen molar-refractivity contribution in [2.75, 3.05) is 6.54 Å². The van der Waals surface area contributed by atoms with Gasteiger partial charge in [0.05, 0.1) is 0 Å². The van der Waals surface area contributed by atoms with E-state index in [4.69, 9.17) is 17.3 Å². The molecule has 3 heteroatoms. The van der Waals surface area contributed by atoms with Gasteiger partial charge in [-0.2, -0.15) is 0 Å². The Labute approximate surface area is 95.8 Å². The smallest absolute Gasteiger partial charge is 0.0449 e. The molecular formula is C12H17ClN2. The number of rotatable bonds is 4. The van der Waals surface area contributed by atoms with Gasteiger partial charge in [0, 0.05) is 23.7 Å². The maximum atomic E-state index is 5.93. The number of nitrogens with two attached hydrogens (primary N) is 1. The number of benzene rings is 1. The summed E-state index contributed by atoms with van der Waals surface area (Å²) in [4.78, 5) is 0. The van der Waals surface area contributed by atoms with Gasteiger partial charge in [0.1, 0.15) is 0 Å². The molecule has 1 unspecified atom stereocenters. The maximum Gasteiger partial charge on any atom is 0.0449 e. The minimum atomic E-state index is 0.273. The first-order valence-electron chi connectivity index (χ1n) is 5.43. The first-order chi connectivity index (χ1) is 7.20. The molecule has 1 aromatic rings. The molecule has 82 valence electrons. The number of halogens is 1. The van der Waals surface area contributed by atoms with E-state index < -0.39 is 0 Å². The highest BCUT2D eigenvalue weighted by Gasteiger charge is 2.25. The van der Waals surface area contributed by atoms with Gasteiger partial charge < -0.3 is 11.1 Å². The third kappa shape index (κ3) is 2.71. The molecule has 15 heavy (non-hydrogen) atoms. The number of hydrogen-bond acceptors (Lipinski definition) is 2. The highest BCUT2D eigenvalue weighted by atomic mass is 35.5. The van der Waals surface area contributed by atoms with Crippen LogP contribution in [0.4, 0.5) is 0 Å². The van der Waals surface area contributed by atoms with Crippen LogP contribution in [0.25, 0.3) is 0 Å². The summed E-state index contributed by atoms with van der Waals surface area (Å²) in [7, 11) is 0. The molecule has 0 aliphatic heterocycles. The fourth-order valence-electron chi connectivity index (χ4n) is 1.85. The van der Waals surface area contributed by atoms with Crippen molar-refractivity contribution in [1.29, 1.82) is 0 Å². The SMILES string of the molecule is Cc1cc(Cl)ccc1C(CN)NC1CC1. The van der Waals surface area contributed by atoms with Gasteiger partial charge in [0.15, 0.2) is 0 Å². The van der Waals surface area contributed by atoms with Crippen molar-refractivity contribution in [3.63, 3.8) is 0 Å². The number of nitrogens with one attached hydrogen (secondary N) is 1. The van der Waals surface area contributed by atoms with Crippen LogP contribution in [0.1, 0.15) is 30.0 Å². The molecule has 3 N–H and O–H groups in total. The Hall–Kier alpha value is -0.570. The van der Waals surface area contributed by atoms with Crippen molar-refractivity contribution < 1.29 is 0 Å². The van der Waals surface area contributed by atoms with Gasteiger partial charge in [0.2, 0.25) is 0 Å². The molecule has 0 saturated heterocycles. The lowest BCUT2D eigenvalue weighted by Crippen LogP contribution is -2.30. The van der Waals surface area contributed by atoms with Crippen LogP contribution in [0, 0.1) is 6.92 Å². The first kappa shape index (κ1) is 10.9. The summed E-state index contributed by atoms with van der Waals surface area (Å²) in [6.07, 6.45) is 2.56. The van der Waals surface area contributed by atoms with Crippen LogP contribution >= 0.6 is 11.6 Å². The minimum Gasteiger partial charge on any atom is -0.329 e. The van der Waals surface area contributed by atoms with Gasteiger partial charge >= 0.3 is 0 Å². The molecule has 1 saturated carbocycles. The summed E-state index contributed by atoms with van der Waals surface area (Å²) in [5, 5.41) is 4.34. The van der Waals surface area contributed by atoms with Crippen molar-refractivity contribution in [1.82, 2.24) is 5.32 Å². The molecule has 0 radical (unpaired) electrons. The van der Waals surface area contributed by atoms with E-state index >= 15 is 0 Å². The zero-order valence-electron chi connectivity index (χ0n) is 8.96. The van der Waals surface area contributed by atoms with Crippen LogP contribution in [0.3, 0.4) is 0 Å². The van der Waals surface area contributed by atoms with E-state index in [1.807, 2.05) is 12.1 Å². The molecular weight excluding hydrogens is 208 g/mol. The lowest BCUT2D eigenvalue weighted by molar-refractivity contribution is 0.537. The van der Waals surface area contributed by atoms with Crippen molar-refractivity contribution in [2.45, 2.75) is 31.8 Å². The van der Waals surface area contributed by atoms with Gasteiger partial charge in [-0.05, 0) is 43.0 Å². The molecule has 2 rings (SSSR count). The van der Waals surface area contributed by atoms with Crippen LogP contribution in [0.2, 0.25) is 5.02 Å². The zero-order valence-corrected chi connectivity index (χ0v) is 9.72. The molecule has 1 fully saturated rings. The Kier molecular flexibility index (Phi) is 3.29. The number of hydrogen-bond donors (Lipinski definition) is 2. The standard InChI is InChI=1S/C12H17ClN2/c1-8-6-9(13)2-5-11(8)12(7-14)15-10-3-4-10/h2,5-6,10,12,15H,3-4,7,14H2,1H3. The highest BCUT2D eigenvalue weighted by molar-refractivity contribution is 6.30. The predicted octanol–water partition coefficient (Wildman–Crippen LogP) is 2.40.